The van der Waals surface area contributed by atoms with Crippen molar-refractivity contribution in [2.45, 2.75) is 26.0 Å². The third kappa shape index (κ3) is 2.71. The first-order valence-electron chi connectivity index (χ1n) is 6.00. The van der Waals surface area contributed by atoms with E-state index < -0.39 is 6.10 Å². The Balaban J connectivity index is 2.16. The first-order valence-corrected chi connectivity index (χ1v) is 6.88. The zero-order chi connectivity index (χ0) is 13.1. The highest BCUT2D eigenvalue weighted by Gasteiger charge is 2.13. The Morgan fingerprint density at radius 1 is 1.28 bits per heavy atom. The molecule has 0 fully saturated rings. The number of anilines is 1. The molecule has 0 aliphatic heterocycles. The van der Waals surface area contributed by atoms with E-state index in [9.17, 15) is 5.11 Å². The lowest BCUT2D eigenvalue weighted by Gasteiger charge is -2.26. The van der Waals surface area contributed by atoms with Crippen molar-refractivity contribution in [1.82, 2.24) is 4.98 Å². The van der Waals surface area contributed by atoms with Gasteiger partial charge in [-0.2, -0.15) is 0 Å². The van der Waals surface area contributed by atoms with Gasteiger partial charge in [-0.1, -0.05) is 6.07 Å². The van der Waals surface area contributed by atoms with Crippen LogP contribution in [-0.2, 0) is 0 Å². The Hall–Kier alpha value is -1.39. The molecular formula is C14H18N2OS. The van der Waals surface area contributed by atoms with Crippen molar-refractivity contribution in [3.63, 3.8) is 0 Å². The van der Waals surface area contributed by atoms with Gasteiger partial charge in [0.2, 0.25) is 0 Å². The van der Waals surface area contributed by atoms with Crippen LogP contribution in [0.1, 0.15) is 36.6 Å². The zero-order valence-corrected chi connectivity index (χ0v) is 11.7. The summed E-state index contributed by atoms with van der Waals surface area (Å²) < 4.78 is 0. The van der Waals surface area contributed by atoms with Gasteiger partial charge in [0, 0.05) is 11.9 Å². The van der Waals surface area contributed by atoms with Gasteiger partial charge in [-0.25, -0.2) is 0 Å². The van der Waals surface area contributed by atoms with Crippen LogP contribution in [0.5, 0.6) is 0 Å². The Morgan fingerprint density at radius 2 is 2.06 bits per heavy atom. The molecule has 3 nitrogen and oxygen atoms in total. The molecule has 0 aliphatic carbocycles. The second-order valence-electron chi connectivity index (χ2n) is 4.42. The number of aromatic nitrogens is 1. The zero-order valence-electron chi connectivity index (χ0n) is 10.9. The van der Waals surface area contributed by atoms with Gasteiger partial charge in [-0.3, -0.25) is 4.98 Å². The molecular weight excluding hydrogens is 244 g/mol. The molecule has 0 saturated heterocycles. The maximum absolute atomic E-state index is 9.44. The van der Waals surface area contributed by atoms with Gasteiger partial charge < -0.3 is 10.0 Å². The maximum Gasteiger partial charge on any atom is 0.0931 e. The summed E-state index contributed by atoms with van der Waals surface area (Å²) in [5.74, 6) is 0. The molecule has 2 unspecified atom stereocenters. The smallest absolute Gasteiger partial charge is 0.0931 e. The number of thiophene rings is 1. The number of aliphatic hydroxyl groups is 1. The quantitative estimate of drug-likeness (QED) is 0.917. The summed E-state index contributed by atoms with van der Waals surface area (Å²) in [5, 5.41) is 11.5. The van der Waals surface area contributed by atoms with E-state index in [1.54, 1.807) is 18.3 Å². The van der Waals surface area contributed by atoms with E-state index >= 15 is 0 Å². The molecule has 18 heavy (non-hydrogen) atoms. The third-order valence-corrected chi connectivity index (χ3v) is 4.18. The number of hydrogen-bond donors (Lipinski definition) is 1. The van der Waals surface area contributed by atoms with E-state index in [4.69, 9.17) is 0 Å². The lowest BCUT2D eigenvalue weighted by atomic mass is 10.2. The van der Waals surface area contributed by atoms with Crippen LogP contribution in [0.4, 0.5) is 5.69 Å². The van der Waals surface area contributed by atoms with E-state index in [0.29, 0.717) is 11.7 Å². The van der Waals surface area contributed by atoms with Crippen molar-refractivity contribution < 1.29 is 5.11 Å². The molecule has 2 aromatic rings. The summed E-state index contributed by atoms with van der Waals surface area (Å²) in [6.07, 6.45) is 1.30. The number of pyridine rings is 1. The van der Waals surface area contributed by atoms with Crippen LogP contribution in [0, 0.1) is 0 Å². The first-order chi connectivity index (χ1) is 8.59. The minimum absolute atomic E-state index is 0.323. The van der Waals surface area contributed by atoms with Gasteiger partial charge >= 0.3 is 0 Å². The van der Waals surface area contributed by atoms with Crippen molar-refractivity contribution in [2.24, 2.45) is 0 Å². The maximum atomic E-state index is 9.44. The largest absolute Gasteiger partial charge is 0.387 e. The van der Waals surface area contributed by atoms with Crippen LogP contribution < -0.4 is 4.90 Å². The highest BCUT2D eigenvalue weighted by atomic mass is 32.1. The Kier molecular flexibility index (Phi) is 3.99. The molecule has 0 spiro atoms. The van der Waals surface area contributed by atoms with Crippen LogP contribution in [0.15, 0.2) is 35.8 Å². The SMILES string of the molecule is CC(O)c1ccc(N(C)C(C)c2cccs2)cn1. The number of nitrogens with zero attached hydrogens (tertiary/aromatic N) is 2. The average Bonchev–Trinajstić information content (AvgIpc) is 2.91. The summed E-state index contributed by atoms with van der Waals surface area (Å²) in [6.45, 7) is 3.90. The molecule has 0 amide bonds. The fraction of sp³-hybridized carbons (Fsp3) is 0.357. The average molecular weight is 262 g/mol. The highest BCUT2D eigenvalue weighted by molar-refractivity contribution is 7.10. The Labute approximate surface area is 112 Å². The summed E-state index contributed by atoms with van der Waals surface area (Å²) in [5.41, 5.74) is 1.76. The first kappa shape index (κ1) is 13.1. The molecule has 1 N–H and O–H groups in total. The standard InChI is InChI=1S/C14H18N2OS/c1-10(14-5-4-8-18-14)16(3)12-6-7-13(11(2)17)15-9-12/h4-11,17H,1-3H3. The number of rotatable bonds is 4. The van der Waals surface area contributed by atoms with Gasteiger partial charge in [-0.05, 0) is 37.4 Å². The molecule has 0 saturated carbocycles. The lowest BCUT2D eigenvalue weighted by molar-refractivity contribution is 0.194. The van der Waals surface area contributed by atoms with Crippen LogP contribution in [0.3, 0.4) is 0 Å². The summed E-state index contributed by atoms with van der Waals surface area (Å²) in [6, 6.07) is 8.41. The van der Waals surface area contributed by atoms with E-state index in [1.807, 2.05) is 18.3 Å². The van der Waals surface area contributed by atoms with Gasteiger partial charge in [0.1, 0.15) is 0 Å². The molecule has 96 valence electrons. The second-order valence-corrected chi connectivity index (χ2v) is 5.40. The molecule has 0 bridgehead atoms. The van der Waals surface area contributed by atoms with Crippen LogP contribution in [0.2, 0.25) is 0 Å². The number of hydrogen-bond acceptors (Lipinski definition) is 4. The van der Waals surface area contributed by atoms with Gasteiger partial charge in [0.25, 0.3) is 0 Å². The van der Waals surface area contributed by atoms with Crippen molar-refractivity contribution in [3.05, 3.63) is 46.4 Å². The third-order valence-electron chi connectivity index (χ3n) is 3.14. The predicted molar refractivity (Wildman–Crippen MR) is 76.0 cm³/mol. The van der Waals surface area contributed by atoms with Crippen molar-refractivity contribution >= 4 is 17.0 Å². The fourth-order valence-electron chi connectivity index (χ4n) is 1.80. The van der Waals surface area contributed by atoms with Crippen LogP contribution in [-0.4, -0.2) is 17.1 Å². The molecule has 2 heterocycles. The number of aliphatic hydroxyl groups excluding tert-OH is 1. The Bertz CT molecular complexity index is 479. The molecule has 2 aromatic heterocycles. The van der Waals surface area contributed by atoms with Gasteiger partial charge in [0.15, 0.2) is 0 Å². The van der Waals surface area contributed by atoms with E-state index in [2.05, 4.69) is 41.4 Å². The molecule has 0 aromatic carbocycles. The van der Waals surface area contributed by atoms with Crippen molar-refractivity contribution in [3.8, 4) is 0 Å². The van der Waals surface area contributed by atoms with Gasteiger partial charge in [0.05, 0.1) is 29.7 Å². The monoisotopic (exact) mass is 262 g/mol. The van der Waals surface area contributed by atoms with Crippen LogP contribution in [0.25, 0.3) is 0 Å². The van der Waals surface area contributed by atoms with Crippen LogP contribution >= 0.6 is 11.3 Å². The minimum Gasteiger partial charge on any atom is -0.387 e. The summed E-state index contributed by atoms with van der Waals surface area (Å²) in [7, 11) is 2.06. The lowest BCUT2D eigenvalue weighted by Crippen LogP contribution is -2.21. The molecule has 4 heteroatoms. The van der Waals surface area contributed by atoms with Crippen molar-refractivity contribution in [1.29, 1.82) is 0 Å². The van der Waals surface area contributed by atoms with E-state index in [0.717, 1.165) is 5.69 Å². The minimum atomic E-state index is -0.515. The molecule has 2 atom stereocenters. The van der Waals surface area contributed by atoms with Crippen molar-refractivity contribution in [2.75, 3.05) is 11.9 Å². The molecule has 0 aliphatic rings. The van der Waals surface area contributed by atoms with E-state index in [-0.39, 0.29) is 0 Å². The summed E-state index contributed by atoms with van der Waals surface area (Å²) >= 11 is 1.76. The predicted octanol–water partition coefficient (Wildman–Crippen LogP) is 3.39. The van der Waals surface area contributed by atoms with Gasteiger partial charge in [-0.15, -0.1) is 11.3 Å². The fourth-order valence-corrected chi connectivity index (χ4v) is 2.62. The topological polar surface area (TPSA) is 36.4 Å². The Morgan fingerprint density at radius 3 is 2.56 bits per heavy atom. The molecule has 0 radical (unpaired) electrons. The van der Waals surface area contributed by atoms with E-state index in [1.165, 1.54) is 4.88 Å². The molecule has 2 rings (SSSR count). The summed E-state index contributed by atoms with van der Waals surface area (Å²) in [4.78, 5) is 7.79. The highest BCUT2D eigenvalue weighted by Crippen LogP contribution is 2.28. The normalized spacial score (nSPS) is 14.2. The second kappa shape index (κ2) is 5.50.